The number of rotatable bonds is 5. The predicted octanol–water partition coefficient (Wildman–Crippen LogP) is 3.68. The van der Waals surface area contributed by atoms with Crippen molar-refractivity contribution >= 4 is 18.3 Å². The van der Waals surface area contributed by atoms with Crippen molar-refractivity contribution in [3.05, 3.63) is 78.1 Å². The van der Waals surface area contributed by atoms with Crippen molar-refractivity contribution in [1.82, 2.24) is 20.4 Å². The Morgan fingerprint density at radius 1 is 1.10 bits per heavy atom. The largest absolute Gasteiger partial charge is 0.350 e. The molecule has 1 aromatic heterocycles. The Labute approximate surface area is 177 Å². The molecule has 2 heterocycles. The maximum absolute atomic E-state index is 13.2. The number of aromatic nitrogens is 2. The van der Waals surface area contributed by atoms with Crippen LogP contribution in [-0.2, 0) is 16.9 Å². The Hall–Kier alpha value is -2.63. The van der Waals surface area contributed by atoms with Gasteiger partial charge in [0.05, 0.1) is 0 Å². The third-order valence-corrected chi connectivity index (χ3v) is 5.56. The van der Waals surface area contributed by atoms with Crippen LogP contribution in [0, 0.1) is 6.92 Å². The zero-order chi connectivity index (χ0) is 19.4. The van der Waals surface area contributed by atoms with Gasteiger partial charge in [0.1, 0.15) is 5.54 Å². The van der Waals surface area contributed by atoms with E-state index in [1.807, 2.05) is 23.0 Å². The number of aryl methyl sites for hydroxylation is 1. The molecule has 1 aliphatic rings. The van der Waals surface area contributed by atoms with Crippen LogP contribution in [0.25, 0.3) is 11.1 Å². The topological polar surface area (TPSA) is 59.0 Å². The molecule has 1 saturated heterocycles. The fraction of sp³-hybridized carbons (Fsp3) is 0.304. The molecule has 0 radical (unpaired) electrons. The van der Waals surface area contributed by atoms with Crippen molar-refractivity contribution in [3.8, 4) is 11.1 Å². The molecule has 2 N–H and O–H groups in total. The molecule has 1 amide bonds. The number of carbonyl (C=O) groups is 1. The summed E-state index contributed by atoms with van der Waals surface area (Å²) in [5.41, 5.74) is 4.08. The molecule has 1 aliphatic heterocycles. The minimum atomic E-state index is -0.608. The molecule has 29 heavy (non-hydrogen) atoms. The molecular weight excluding hydrogens is 384 g/mol. The van der Waals surface area contributed by atoms with Gasteiger partial charge in [-0.25, -0.2) is 0 Å². The van der Waals surface area contributed by atoms with Gasteiger partial charge in [-0.3, -0.25) is 9.48 Å². The van der Waals surface area contributed by atoms with Crippen LogP contribution in [0.5, 0.6) is 0 Å². The van der Waals surface area contributed by atoms with Gasteiger partial charge >= 0.3 is 0 Å². The molecule has 0 unspecified atom stereocenters. The number of amides is 1. The number of carbonyl (C=O) groups excluding carboxylic acids is 1. The summed E-state index contributed by atoms with van der Waals surface area (Å²) in [6.07, 6.45) is 5.11. The molecule has 0 aliphatic carbocycles. The highest BCUT2D eigenvalue weighted by Crippen LogP contribution is 2.27. The average molecular weight is 411 g/mol. The summed E-state index contributed by atoms with van der Waals surface area (Å²) in [4.78, 5) is 13.2. The first-order valence-corrected chi connectivity index (χ1v) is 9.82. The maximum atomic E-state index is 13.2. The Balaban J connectivity index is 0.00000240. The van der Waals surface area contributed by atoms with E-state index >= 15 is 0 Å². The fourth-order valence-corrected chi connectivity index (χ4v) is 3.88. The van der Waals surface area contributed by atoms with Gasteiger partial charge in [0.2, 0.25) is 5.91 Å². The molecule has 0 spiro atoms. The lowest BCUT2D eigenvalue weighted by Gasteiger charge is -2.36. The van der Waals surface area contributed by atoms with Gasteiger partial charge < -0.3 is 10.6 Å². The minimum absolute atomic E-state index is 0. The van der Waals surface area contributed by atoms with E-state index in [0.29, 0.717) is 6.54 Å². The van der Waals surface area contributed by atoms with Crippen molar-refractivity contribution in [2.45, 2.75) is 31.8 Å². The van der Waals surface area contributed by atoms with E-state index in [0.717, 1.165) is 37.1 Å². The summed E-state index contributed by atoms with van der Waals surface area (Å²) in [6.45, 7) is 4.23. The van der Waals surface area contributed by atoms with E-state index < -0.39 is 5.54 Å². The molecule has 4 rings (SSSR count). The van der Waals surface area contributed by atoms with Gasteiger partial charge in [-0.2, -0.15) is 5.10 Å². The number of nitrogens with one attached hydrogen (secondary N) is 2. The molecule has 1 fully saturated rings. The summed E-state index contributed by atoms with van der Waals surface area (Å²) >= 11 is 0. The number of hydrogen-bond donors (Lipinski definition) is 2. The molecule has 2 aromatic carbocycles. The summed E-state index contributed by atoms with van der Waals surface area (Å²) in [5.74, 6) is 0.0402. The molecule has 5 nitrogen and oxygen atoms in total. The Bertz CT molecular complexity index is 932. The van der Waals surface area contributed by atoms with Crippen molar-refractivity contribution < 1.29 is 4.79 Å². The van der Waals surface area contributed by atoms with Crippen LogP contribution in [0.3, 0.4) is 0 Å². The minimum Gasteiger partial charge on any atom is -0.350 e. The zero-order valence-electron chi connectivity index (χ0n) is 16.6. The average Bonchev–Trinajstić information content (AvgIpc) is 3.29. The first kappa shape index (κ1) is 21.1. The van der Waals surface area contributed by atoms with Crippen LogP contribution < -0.4 is 10.6 Å². The highest BCUT2D eigenvalue weighted by molar-refractivity contribution is 5.85. The number of piperidine rings is 1. The van der Waals surface area contributed by atoms with Gasteiger partial charge in [0, 0.05) is 18.9 Å². The maximum Gasteiger partial charge on any atom is 0.248 e. The molecule has 0 saturated carbocycles. The lowest BCUT2D eigenvalue weighted by atomic mass is 9.87. The quantitative estimate of drug-likeness (QED) is 0.674. The van der Waals surface area contributed by atoms with E-state index in [1.165, 1.54) is 11.1 Å². The predicted molar refractivity (Wildman–Crippen MR) is 118 cm³/mol. The van der Waals surface area contributed by atoms with Crippen LogP contribution in [0.1, 0.15) is 24.0 Å². The lowest BCUT2D eigenvalue weighted by Crippen LogP contribution is -2.54. The lowest BCUT2D eigenvalue weighted by molar-refractivity contribution is -0.132. The van der Waals surface area contributed by atoms with Crippen molar-refractivity contribution in [1.29, 1.82) is 0 Å². The van der Waals surface area contributed by atoms with Gasteiger partial charge in [-0.15, -0.1) is 12.4 Å². The van der Waals surface area contributed by atoms with Gasteiger partial charge in [0.15, 0.2) is 0 Å². The number of nitrogens with zero attached hydrogens (tertiary/aromatic N) is 2. The zero-order valence-corrected chi connectivity index (χ0v) is 17.4. The highest BCUT2D eigenvalue weighted by Gasteiger charge is 2.41. The van der Waals surface area contributed by atoms with Crippen molar-refractivity contribution in [2.75, 3.05) is 13.1 Å². The summed E-state index contributed by atoms with van der Waals surface area (Å²) < 4.78 is 1.83. The number of halogens is 1. The van der Waals surface area contributed by atoms with Gasteiger partial charge in [-0.1, -0.05) is 48.0 Å². The van der Waals surface area contributed by atoms with Crippen LogP contribution in [0.2, 0.25) is 0 Å². The van der Waals surface area contributed by atoms with E-state index in [-0.39, 0.29) is 18.3 Å². The van der Waals surface area contributed by atoms with E-state index in [1.54, 1.807) is 6.20 Å². The summed E-state index contributed by atoms with van der Waals surface area (Å²) in [7, 11) is 0. The Morgan fingerprint density at radius 2 is 1.86 bits per heavy atom. The molecule has 0 bridgehead atoms. The van der Waals surface area contributed by atoms with Gasteiger partial charge in [0.25, 0.3) is 0 Å². The fourth-order valence-electron chi connectivity index (χ4n) is 3.88. The smallest absolute Gasteiger partial charge is 0.248 e. The standard InChI is InChI=1S/C23H26N4O.ClH/c1-18-6-8-20(9-7-18)21-5-2-4-19(16-21)17-25-22(28)23(10-13-24-14-11-23)27-15-3-12-26-27;/h2-9,12,15-16,24H,10-11,13-14,17H2,1H3,(H,25,28);1H. The highest BCUT2D eigenvalue weighted by atomic mass is 35.5. The first-order chi connectivity index (χ1) is 13.7. The molecule has 6 heteroatoms. The normalized spacial score (nSPS) is 15.3. The van der Waals surface area contributed by atoms with Crippen LogP contribution in [0.15, 0.2) is 67.0 Å². The van der Waals surface area contributed by atoms with Crippen molar-refractivity contribution in [3.63, 3.8) is 0 Å². The molecule has 3 aromatic rings. The summed E-state index contributed by atoms with van der Waals surface area (Å²) in [6, 6.07) is 18.7. The third-order valence-electron chi connectivity index (χ3n) is 5.56. The van der Waals surface area contributed by atoms with Crippen LogP contribution in [0.4, 0.5) is 0 Å². The third kappa shape index (κ3) is 4.52. The Morgan fingerprint density at radius 3 is 2.55 bits per heavy atom. The van der Waals surface area contributed by atoms with E-state index in [2.05, 4.69) is 65.1 Å². The first-order valence-electron chi connectivity index (χ1n) is 9.82. The number of hydrogen-bond acceptors (Lipinski definition) is 3. The monoisotopic (exact) mass is 410 g/mol. The van der Waals surface area contributed by atoms with Crippen LogP contribution in [-0.4, -0.2) is 28.8 Å². The second-order valence-corrected chi connectivity index (χ2v) is 7.48. The summed E-state index contributed by atoms with van der Waals surface area (Å²) in [5, 5.41) is 10.9. The second kappa shape index (κ2) is 9.25. The SMILES string of the molecule is Cc1ccc(-c2cccc(CNC(=O)C3(n4cccn4)CCNCC3)c2)cc1.Cl. The molecule has 152 valence electrons. The van der Waals surface area contributed by atoms with Gasteiger partial charge in [-0.05, 0) is 61.7 Å². The van der Waals surface area contributed by atoms with E-state index in [4.69, 9.17) is 0 Å². The van der Waals surface area contributed by atoms with E-state index in [9.17, 15) is 4.79 Å². The second-order valence-electron chi connectivity index (χ2n) is 7.48. The molecular formula is C23H27ClN4O. The van der Waals surface area contributed by atoms with Crippen LogP contribution >= 0.6 is 12.4 Å². The van der Waals surface area contributed by atoms with Crippen molar-refractivity contribution in [2.24, 2.45) is 0 Å². The molecule has 0 atom stereocenters. The number of benzene rings is 2. The Kier molecular flexibility index (Phi) is 6.72.